The van der Waals surface area contributed by atoms with Crippen molar-refractivity contribution in [2.24, 2.45) is 0 Å². The van der Waals surface area contributed by atoms with E-state index in [1.165, 1.54) is 24.1 Å². The Balaban J connectivity index is 2.12. The van der Waals surface area contributed by atoms with Gasteiger partial charge in [0.1, 0.15) is 24.1 Å². The summed E-state index contributed by atoms with van der Waals surface area (Å²) in [6.45, 7) is 8.96. The molecule has 1 N–H and O–H groups in total. The second-order valence-electron chi connectivity index (χ2n) is 10.6. The number of amides is 2. The molecule has 0 saturated carbocycles. The highest BCUT2D eigenvalue weighted by molar-refractivity contribution is 7.92. The fourth-order valence-electron chi connectivity index (χ4n) is 4.63. The molecule has 3 rings (SSSR count). The number of carbonyl (C=O) groups is 2. The lowest BCUT2D eigenvalue weighted by molar-refractivity contribution is -0.140. The first-order valence-electron chi connectivity index (χ1n) is 14.4. The van der Waals surface area contributed by atoms with Crippen molar-refractivity contribution < 1.29 is 27.5 Å². The number of rotatable bonds is 14. The molecule has 0 bridgehead atoms. The van der Waals surface area contributed by atoms with Crippen LogP contribution in [0.3, 0.4) is 0 Å². The van der Waals surface area contributed by atoms with Gasteiger partial charge in [0, 0.05) is 12.6 Å². The Morgan fingerprint density at radius 1 is 0.860 bits per heavy atom. The molecule has 0 spiro atoms. The summed E-state index contributed by atoms with van der Waals surface area (Å²) >= 11 is 0. The molecule has 0 unspecified atom stereocenters. The molecule has 3 aromatic carbocycles. The van der Waals surface area contributed by atoms with Crippen LogP contribution in [0, 0.1) is 13.8 Å². The molecule has 0 radical (unpaired) electrons. The van der Waals surface area contributed by atoms with Gasteiger partial charge in [-0.1, -0.05) is 49.7 Å². The normalized spacial score (nSPS) is 12.6. The number of hydrogen-bond acceptors (Lipinski definition) is 6. The second kappa shape index (κ2) is 14.9. The number of methoxy groups -OCH3 is 2. The summed E-state index contributed by atoms with van der Waals surface area (Å²) in [4.78, 5) is 29.3. The first-order valence-corrected chi connectivity index (χ1v) is 15.9. The molecule has 3 aromatic rings. The molecule has 0 saturated heterocycles. The van der Waals surface area contributed by atoms with Gasteiger partial charge in [-0.05, 0) is 81.1 Å². The van der Waals surface area contributed by atoms with Crippen LogP contribution in [0.1, 0.15) is 50.3 Å². The summed E-state index contributed by atoms with van der Waals surface area (Å²) in [5, 5.41) is 2.99. The number of sulfonamides is 1. The lowest BCUT2D eigenvalue weighted by atomic mass is 10.1. The fraction of sp³-hybridized carbons (Fsp3) is 0.394. The van der Waals surface area contributed by atoms with E-state index >= 15 is 0 Å². The molecule has 0 heterocycles. The van der Waals surface area contributed by atoms with Crippen LogP contribution >= 0.6 is 0 Å². The molecular formula is C33H43N3O6S. The molecule has 0 aliphatic heterocycles. The van der Waals surface area contributed by atoms with Crippen molar-refractivity contribution in [2.45, 2.75) is 71.0 Å². The Hall–Kier alpha value is -4.05. The fourth-order valence-corrected chi connectivity index (χ4v) is 6.05. The van der Waals surface area contributed by atoms with Crippen LogP contribution in [0.2, 0.25) is 0 Å². The number of benzene rings is 3. The summed E-state index contributed by atoms with van der Waals surface area (Å²) in [5.74, 6) is 0.142. The Bertz CT molecular complexity index is 1490. The van der Waals surface area contributed by atoms with Gasteiger partial charge in [-0.15, -0.1) is 0 Å². The Morgan fingerprint density at radius 3 is 2.05 bits per heavy atom. The number of nitrogens with zero attached hydrogens (tertiary/aromatic N) is 2. The van der Waals surface area contributed by atoms with Gasteiger partial charge in [0.15, 0.2) is 0 Å². The largest absolute Gasteiger partial charge is 0.497 e. The molecule has 0 aromatic heterocycles. The van der Waals surface area contributed by atoms with Crippen LogP contribution in [0.4, 0.5) is 5.69 Å². The topological polar surface area (TPSA) is 105 Å². The van der Waals surface area contributed by atoms with E-state index in [1.807, 2.05) is 52.8 Å². The van der Waals surface area contributed by atoms with Gasteiger partial charge in [0.2, 0.25) is 11.8 Å². The number of hydrogen-bond donors (Lipinski definition) is 1. The maximum absolute atomic E-state index is 14.3. The van der Waals surface area contributed by atoms with Gasteiger partial charge in [-0.3, -0.25) is 13.9 Å². The van der Waals surface area contributed by atoms with Gasteiger partial charge >= 0.3 is 0 Å². The Morgan fingerprint density at radius 2 is 1.49 bits per heavy atom. The van der Waals surface area contributed by atoms with Gasteiger partial charge in [-0.2, -0.15) is 0 Å². The minimum absolute atomic E-state index is 0.0396. The number of ether oxygens (including phenoxy) is 2. The average molecular weight is 610 g/mol. The summed E-state index contributed by atoms with van der Waals surface area (Å²) in [5.41, 5.74) is 2.70. The molecule has 0 fully saturated rings. The number of nitrogens with one attached hydrogen (secondary N) is 1. The third-order valence-corrected chi connectivity index (χ3v) is 9.16. The standard InChI is InChI=1S/C33H43N3O6S/c1-8-25(5)34-33(38)29(9-2)35(21-26-13-15-27(41-6)16-14-26)32(37)22-36(30-20-24(4)12-19-31(30)42-7)43(39,40)28-17-10-23(3)11-18-28/h10-20,25,29H,8-9,21-22H2,1-7H3,(H,34,38)/t25-,29+/m1/s1. The van der Waals surface area contributed by atoms with Crippen LogP contribution in [0.5, 0.6) is 11.5 Å². The van der Waals surface area contributed by atoms with E-state index in [4.69, 9.17) is 9.47 Å². The minimum atomic E-state index is -4.22. The highest BCUT2D eigenvalue weighted by atomic mass is 32.2. The Labute approximate surface area is 255 Å². The lowest BCUT2D eigenvalue weighted by Crippen LogP contribution is -2.53. The number of anilines is 1. The smallest absolute Gasteiger partial charge is 0.264 e. The molecule has 232 valence electrons. The van der Waals surface area contributed by atoms with Gasteiger partial charge in [0.05, 0.1) is 24.8 Å². The van der Waals surface area contributed by atoms with Gasteiger partial charge < -0.3 is 19.7 Å². The predicted molar refractivity (Wildman–Crippen MR) is 169 cm³/mol. The molecule has 43 heavy (non-hydrogen) atoms. The average Bonchev–Trinajstić information content (AvgIpc) is 2.99. The molecule has 2 atom stereocenters. The third-order valence-electron chi connectivity index (χ3n) is 7.39. The SMILES string of the molecule is CC[C@@H](C)NC(=O)[C@H](CC)N(Cc1ccc(OC)cc1)C(=O)CN(c1cc(C)ccc1OC)S(=O)(=O)c1ccc(C)cc1. The van der Waals surface area contributed by atoms with Crippen molar-refractivity contribution in [2.75, 3.05) is 25.1 Å². The van der Waals surface area contributed by atoms with Crippen LogP contribution in [-0.2, 0) is 26.2 Å². The van der Waals surface area contributed by atoms with E-state index in [-0.39, 0.29) is 29.1 Å². The highest BCUT2D eigenvalue weighted by Crippen LogP contribution is 2.34. The van der Waals surface area contributed by atoms with Gasteiger partial charge in [-0.25, -0.2) is 8.42 Å². The molecule has 2 amide bonds. The molecular weight excluding hydrogens is 566 g/mol. The molecule has 9 nitrogen and oxygen atoms in total. The van der Waals surface area contributed by atoms with Crippen LogP contribution < -0.4 is 19.1 Å². The zero-order chi connectivity index (χ0) is 31.7. The minimum Gasteiger partial charge on any atom is -0.497 e. The quantitative estimate of drug-likeness (QED) is 0.268. The lowest BCUT2D eigenvalue weighted by Gasteiger charge is -2.34. The maximum Gasteiger partial charge on any atom is 0.264 e. The highest BCUT2D eigenvalue weighted by Gasteiger charge is 2.35. The van der Waals surface area contributed by atoms with E-state index in [1.54, 1.807) is 43.5 Å². The third kappa shape index (κ3) is 8.28. The first-order chi connectivity index (χ1) is 20.4. The maximum atomic E-state index is 14.3. The van der Waals surface area contributed by atoms with E-state index in [9.17, 15) is 18.0 Å². The van der Waals surface area contributed by atoms with Crippen LogP contribution in [-0.4, -0.2) is 58.0 Å². The predicted octanol–water partition coefficient (Wildman–Crippen LogP) is 5.24. The van der Waals surface area contributed by atoms with Crippen molar-refractivity contribution in [3.8, 4) is 11.5 Å². The van der Waals surface area contributed by atoms with Crippen molar-refractivity contribution in [1.29, 1.82) is 0 Å². The monoisotopic (exact) mass is 609 g/mol. The molecule has 0 aliphatic rings. The summed E-state index contributed by atoms with van der Waals surface area (Å²) < 4.78 is 40.2. The second-order valence-corrected chi connectivity index (χ2v) is 12.5. The molecule has 10 heteroatoms. The zero-order valence-electron chi connectivity index (χ0n) is 26.1. The number of aryl methyl sites for hydroxylation is 2. The van der Waals surface area contributed by atoms with Crippen LogP contribution in [0.15, 0.2) is 71.6 Å². The zero-order valence-corrected chi connectivity index (χ0v) is 26.9. The van der Waals surface area contributed by atoms with Crippen molar-refractivity contribution in [3.63, 3.8) is 0 Å². The van der Waals surface area contributed by atoms with Gasteiger partial charge in [0.25, 0.3) is 10.0 Å². The first kappa shape index (κ1) is 33.5. The Kier molecular flexibility index (Phi) is 11.6. The summed E-state index contributed by atoms with van der Waals surface area (Å²) in [6, 6.07) is 17.9. The van der Waals surface area contributed by atoms with E-state index in [0.29, 0.717) is 17.9 Å². The molecule has 0 aliphatic carbocycles. The van der Waals surface area contributed by atoms with Crippen molar-refractivity contribution in [3.05, 3.63) is 83.4 Å². The summed E-state index contributed by atoms with van der Waals surface area (Å²) in [7, 11) is -1.19. The van der Waals surface area contributed by atoms with E-state index in [0.717, 1.165) is 27.4 Å². The van der Waals surface area contributed by atoms with E-state index < -0.39 is 28.5 Å². The van der Waals surface area contributed by atoms with Crippen molar-refractivity contribution >= 4 is 27.5 Å². The van der Waals surface area contributed by atoms with E-state index in [2.05, 4.69) is 5.32 Å². The van der Waals surface area contributed by atoms with Crippen LogP contribution in [0.25, 0.3) is 0 Å². The number of carbonyl (C=O) groups excluding carboxylic acids is 2. The summed E-state index contributed by atoms with van der Waals surface area (Å²) in [6.07, 6.45) is 1.06. The van der Waals surface area contributed by atoms with Crippen molar-refractivity contribution in [1.82, 2.24) is 10.2 Å².